The van der Waals surface area contributed by atoms with Crippen LogP contribution in [-0.4, -0.2) is 51.6 Å². The Morgan fingerprint density at radius 2 is 1.88 bits per heavy atom. The van der Waals surface area contributed by atoms with Crippen LogP contribution in [0.25, 0.3) is 0 Å². The zero-order valence-electron chi connectivity index (χ0n) is 18.0. The minimum atomic E-state index is -3.45. The van der Waals surface area contributed by atoms with Crippen molar-refractivity contribution in [2.24, 2.45) is 0 Å². The summed E-state index contributed by atoms with van der Waals surface area (Å²) >= 11 is 0. The summed E-state index contributed by atoms with van der Waals surface area (Å²) in [6.45, 7) is 0.0640. The summed E-state index contributed by atoms with van der Waals surface area (Å²) < 4.78 is 28.1. The van der Waals surface area contributed by atoms with E-state index in [0.717, 1.165) is 16.0 Å². The number of carboxylic acid groups (broad SMARTS) is 1. The number of likely N-dealkylation sites (tertiary alicyclic amines) is 1. The number of hydrogen-bond donors (Lipinski definition) is 2. The third-order valence-electron chi connectivity index (χ3n) is 5.41. The molecule has 0 saturated carbocycles. The van der Waals surface area contributed by atoms with Gasteiger partial charge < -0.3 is 15.1 Å². The summed E-state index contributed by atoms with van der Waals surface area (Å²) in [6.07, 6.45) is 2.51. The number of nitrogens with zero attached hydrogens (tertiary/aromatic N) is 1. The van der Waals surface area contributed by atoms with Crippen LogP contribution in [0.2, 0.25) is 0 Å². The van der Waals surface area contributed by atoms with Crippen LogP contribution >= 0.6 is 0 Å². The Hall–Kier alpha value is -3.50. The first kappa shape index (κ1) is 24.1. The number of carbonyl (C=O) groups excluding carboxylic acids is 1. The van der Waals surface area contributed by atoms with Crippen molar-refractivity contribution in [2.75, 3.05) is 6.54 Å². The Labute approximate surface area is 191 Å². The van der Waals surface area contributed by atoms with Gasteiger partial charge >= 0.3 is 11.9 Å². The Bertz CT molecular complexity index is 1060. The molecule has 5 nitrogen and oxygen atoms in total. The minimum absolute atomic E-state index is 0.0640. The monoisotopic (exact) mass is 453 g/mol. The molecule has 0 aromatic heterocycles. The molecule has 2 unspecified atom stereocenters. The number of alkyl halides is 2. The summed E-state index contributed by atoms with van der Waals surface area (Å²) in [4.78, 5) is 24.2. The Morgan fingerprint density at radius 3 is 2.55 bits per heavy atom. The van der Waals surface area contributed by atoms with Gasteiger partial charge in [-0.05, 0) is 42.7 Å². The fourth-order valence-corrected chi connectivity index (χ4v) is 3.58. The first-order valence-electron chi connectivity index (χ1n) is 10.7. The summed E-state index contributed by atoms with van der Waals surface area (Å²) in [7, 11) is 0. The van der Waals surface area contributed by atoms with Crippen molar-refractivity contribution in [3.63, 3.8) is 0 Å². The predicted octanol–water partition coefficient (Wildman–Crippen LogP) is 3.91. The van der Waals surface area contributed by atoms with Gasteiger partial charge in [0.2, 0.25) is 0 Å². The molecule has 0 aliphatic carbocycles. The molecule has 172 valence electrons. The molecule has 1 aliphatic heterocycles. The Morgan fingerprint density at radius 1 is 1.18 bits per heavy atom. The molecule has 33 heavy (non-hydrogen) atoms. The van der Waals surface area contributed by atoms with E-state index in [-0.39, 0.29) is 12.1 Å². The lowest BCUT2D eigenvalue weighted by molar-refractivity contribution is -0.148. The molecule has 2 aromatic rings. The highest BCUT2D eigenvalue weighted by atomic mass is 19.3. The minimum Gasteiger partial charge on any atom is -0.478 e. The van der Waals surface area contributed by atoms with Gasteiger partial charge in [-0.15, -0.1) is 0 Å². The number of rotatable bonds is 8. The fraction of sp³-hybridized carbons (Fsp3) is 0.308. The normalized spacial score (nSPS) is 18.2. The van der Waals surface area contributed by atoms with E-state index < -0.39 is 36.4 Å². The maximum Gasteiger partial charge on any atom is 0.335 e. The van der Waals surface area contributed by atoms with Crippen LogP contribution in [0.4, 0.5) is 8.78 Å². The van der Waals surface area contributed by atoms with E-state index in [2.05, 4.69) is 11.8 Å². The molecule has 1 aliphatic rings. The molecular formula is C26H25F2NO4. The fourth-order valence-electron chi connectivity index (χ4n) is 3.58. The van der Waals surface area contributed by atoms with Crippen LogP contribution in [0.5, 0.6) is 0 Å². The van der Waals surface area contributed by atoms with Gasteiger partial charge in [0.25, 0.3) is 5.91 Å². The number of aliphatic hydroxyl groups excluding tert-OH is 1. The molecule has 1 amide bonds. The number of aliphatic hydroxyl groups is 1. The van der Waals surface area contributed by atoms with Crippen molar-refractivity contribution in [3.05, 3.63) is 83.4 Å². The van der Waals surface area contributed by atoms with Crippen LogP contribution in [-0.2, 0) is 11.2 Å². The molecule has 2 N–H and O–H groups in total. The smallest absolute Gasteiger partial charge is 0.335 e. The number of amides is 1. The molecule has 1 fully saturated rings. The second kappa shape index (κ2) is 10.9. The van der Waals surface area contributed by atoms with Crippen LogP contribution in [0.1, 0.15) is 40.7 Å². The maximum atomic E-state index is 14.1. The second-order valence-electron chi connectivity index (χ2n) is 7.89. The van der Waals surface area contributed by atoms with Crippen molar-refractivity contribution in [3.8, 4) is 11.8 Å². The molecule has 3 rings (SSSR count). The first-order valence-corrected chi connectivity index (χ1v) is 10.7. The van der Waals surface area contributed by atoms with Crippen molar-refractivity contribution < 1.29 is 28.6 Å². The second-order valence-corrected chi connectivity index (χ2v) is 7.89. The number of aromatic carboxylic acids is 1. The molecule has 1 saturated heterocycles. The molecule has 2 aromatic carbocycles. The number of carbonyl (C=O) groups is 2. The molecule has 7 heteroatoms. The quantitative estimate of drug-likeness (QED) is 0.469. The third-order valence-corrected chi connectivity index (χ3v) is 5.41. The van der Waals surface area contributed by atoms with E-state index in [1.54, 1.807) is 12.1 Å². The Kier molecular flexibility index (Phi) is 7.96. The van der Waals surface area contributed by atoms with E-state index in [1.165, 1.54) is 24.3 Å². The van der Waals surface area contributed by atoms with Gasteiger partial charge in [0.1, 0.15) is 0 Å². The summed E-state index contributed by atoms with van der Waals surface area (Å²) in [6, 6.07) is 14.7. The van der Waals surface area contributed by atoms with Gasteiger partial charge in [0.05, 0.1) is 17.7 Å². The van der Waals surface area contributed by atoms with E-state index in [0.29, 0.717) is 19.3 Å². The van der Waals surface area contributed by atoms with Gasteiger partial charge in [0, 0.05) is 24.9 Å². The van der Waals surface area contributed by atoms with Gasteiger partial charge in [-0.2, -0.15) is 8.78 Å². The topological polar surface area (TPSA) is 77.8 Å². The SMILES string of the molecule is O=C(O)c1ccc(CCN2C(=O)C(F)(F)CC2C=CC(O)CCC#Cc2ccccc2)cc1. The van der Waals surface area contributed by atoms with Gasteiger partial charge in [0.15, 0.2) is 0 Å². The molecule has 0 radical (unpaired) electrons. The summed E-state index contributed by atoms with van der Waals surface area (Å²) in [5.41, 5.74) is 1.75. The molecule has 0 bridgehead atoms. The van der Waals surface area contributed by atoms with Gasteiger partial charge in [-0.25, -0.2) is 4.79 Å². The van der Waals surface area contributed by atoms with Crippen LogP contribution in [0.15, 0.2) is 66.7 Å². The van der Waals surface area contributed by atoms with Gasteiger partial charge in [-0.3, -0.25) is 4.79 Å². The largest absolute Gasteiger partial charge is 0.478 e. The van der Waals surface area contributed by atoms with Crippen LogP contribution in [0, 0.1) is 11.8 Å². The van der Waals surface area contributed by atoms with Crippen LogP contribution in [0.3, 0.4) is 0 Å². The average Bonchev–Trinajstić information content (AvgIpc) is 3.02. The highest BCUT2D eigenvalue weighted by molar-refractivity contribution is 5.87. The highest BCUT2D eigenvalue weighted by Gasteiger charge is 2.52. The van der Waals surface area contributed by atoms with E-state index >= 15 is 0 Å². The first-order chi connectivity index (χ1) is 15.8. The summed E-state index contributed by atoms with van der Waals surface area (Å²) in [5, 5.41) is 19.1. The average molecular weight is 453 g/mol. The van der Waals surface area contributed by atoms with E-state index in [4.69, 9.17) is 5.11 Å². The molecule has 1 heterocycles. The lowest BCUT2D eigenvalue weighted by Gasteiger charge is -2.22. The van der Waals surface area contributed by atoms with Gasteiger partial charge in [-0.1, -0.05) is 54.3 Å². The van der Waals surface area contributed by atoms with Crippen molar-refractivity contribution >= 4 is 11.9 Å². The van der Waals surface area contributed by atoms with Crippen LogP contribution < -0.4 is 0 Å². The third kappa shape index (κ3) is 6.74. The molecule has 0 spiro atoms. The molecular weight excluding hydrogens is 428 g/mol. The number of halogens is 2. The number of benzene rings is 2. The lowest BCUT2D eigenvalue weighted by Crippen LogP contribution is -2.37. The summed E-state index contributed by atoms with van der Waals surface area (Å²) in [5.74, 6) is 0.232. The maximum absolute atomic E-state index is 14.1. The number of hydrogen-bond acceptors (Lipinski definition) is 3. The highest BCUT2D eigenvalue weighted by Crippen LogP contribution is 2.34. The van der Waals surface area contributed by atoms with E-state index in [1.807, 2.05) is 30.3 Å². The lowest BCUT2D eigenvalue weighted by atomic mass is 10.1. The molecule has 2 atom stereocenters. The van der Waals surface area contributed by atoms with E-state index in [9.17, 15) is 23.5 Å². The van der Waals surface area contributed by atoms with Crippen molar-refractivity contribution in [1.82, 2.24) is 4.90 Å². The predicted molar refractivity (Wildman–Crippen MR) is 120 cm³/mol. The van der Waals surface area contributed by atoms with Crippen molar-refractivity contribution in [1.29, 1.82) is 0 Å². The zero-order chi connectivity index (χ0) is 23.8. The number of carboxylic acids is 1. The van der Waals surface area contributed by atoms with Crippen molar-refractivity contribution in [2.45, 2.75) is 43.8 Å². The Balaban J connectivity index is 1.56. The standard InChI is InChI=1S/C26H25F2NO4/c27-26(28)18-22(14-15-23(30)9-5-4-8-19-6-2-1-3-7-19)29(25(26)33)17-16-20-10-12-21(13-11-20)24(31)32/h1-3,6-7,10-15,22-23,30H,5,9,16-18H2,(H,31,32). The zero-order valence-corrected chi connectivity index (χ0v) is 18.0.